The third-order valence-electron chi connectivity index (χ3n) is 4.42. The first-order valence-corrected chi connectivity index (χ1v) is 7.60. The van der Waals surface area contributed by atoms with Crippen LogP contribution in [0.2, 0.25) is 0 Å². The molecule has 2 heterocycles. The Morgan fingerprint density at radius 1 is 1.29 bits per heavy atom. The molecule has 3 rings (SSSR count). The largest absolute Gasteiger partial charge is 0.361 e. The van der Waals surface area contributed by atoms with Gasteiger partial charge >= 0.3 is 0 Å². The minimum absolute atomic E-state index is 0. The van der Waals surface area contributed by atoms with Crippen LogP contribution >= 0.6 is 12.4 Å². The number of aromatic nitrogens is 1. The molecule has 5 nitrogen and oxygen atoms in total. The molecular formula is C15H24ClN3O2. The lowest BCUT2D eigenvalue weighted by atomic mass is 10.0. The van der Waals surface area contributed by atoms with E-state index in [1.165, 1.54) is 12.8 Å². The molecule has 6 heteroatoms. The summed E-state index contributed by atoms with van der Waals surface area (Å²) >= 11 is 0. The molecule has 2 fully saturated rings. The van der Waals surface area contributed by atoms with Crippen molar-refractivity contribution in [3.63, 3.8) is 0 Å². The lowest BCUT2D eigenvalue weighted by molar-refractivity contribution is 0.0702. The molecule has 2 aliphatic rings. The van der Waals surface area contributed by atoms with Crippen LogP contribution in [0.25, 0.3) is 0 Å². The van der Waals surface area contributed by atoms with Crippen molar-refractivity contribution in [3.05, 3.63) is 17.0 Å². The second kappa shape index (κ2) is 6.79. The molecule has 0 aromatic carbocycles. The van der Waals surface area contributed by atoms with Crippen LogP contribution in [0.4, 0.5) is 0 Å². The minimum Gasteiger partial charge on any atom is -0.361 e. The van der Waals surface area contributed by atoms with E-state index in [4.69, 9.17) is 4.52 Å². The number of piperidine rings is 1. The van der Waals surface area contributed by atoms with Crippen molar-refractivity contribution in [2.75, 3.05) is 19.6 Å². The minimum atomic E-state index is 0. The third-order valence-corrected chi connectivity index (χ3v) is 4.42. The van der Waals surface area contributed by atoms with Crippen LogP contribution in [-0.2, 0) is 0 Å². The predicted octanol–water partition coefficient (Wildman–Crippen LogP) is 2.32. The van der Waals surface area contributed by atoms with Crippen molar-refractivity contribution < 1.29 is 9.32 Å². The zero-order chi connectivity index (χ0) is 14.1. The summed E-state index contributed by atoms with van der Waals surface area (Å²) in [5, 5.41) is 7.50. The molecule has 1 aliphatic heterocycles. The summed E-state index contributed by atoms with van der Waals surface area (Å²) in [6, 6.07) is 0.573. The Bertz CT molecular complexity index is 472. The van der Waals surface area contributed by atoms with Gasteiger partial charge in [0, 0.05) is 19.1 Å². The van der Waals surface area contributed by atoms with E-state index in [2.05, 4.69) is 10.5 Å². The molecule has 0 atom stereocenters. The van der Waals surface area contributed by atoms with Gasteiger partial charge in [0.25, 0.3) is 5.91 Å². The molecular weight excluding hydrogens is 290 g/mol. The molecule has 1 aromatic rings. The highest BCUT2D eigenvalue weighted by molar-refractivity contribution is 5.96. The average molecular weight is 314 g/mol. The van der Waals surface area contributed by atoms with Crippen LogP contribution in [0.1, 0.15) is 47.5 Å². The van der Waals surface area contributed by atoms with Gasteiger partial charge in [-0.2, -0.15) is 0 Å². The maximum Gasteiger partial charge on any atom is 0.259 e. The number of hydrogen-bond donors (Lipinski definition) is 1. The SMILES string of the molecule is Cc1noc(C)c1C(=O)N1CCC(NCC2CC2)CC1.Cl. The van der Waals surface area contributed by atoms with Gasteiger partial charge in [0.1, 0.15) is 11.3 Å². The van der Waals surface area contributed by atoms with E-state index in [1.54, 1.807) is 6.92 Å². The van der Waals surface area contributed by atoms with Crippen LogP contribution in [0.3, 0.4) is 0 Å². The van der Waals surface area contributed by atoms with E-state index >= 15 is 0 Å². The number of carbonyl (C=O) groups is 1. The summed E-state index contributed by atoms with van der Waals surface area (Å²) in [5.41, 5.74) is 1.34. The lowest BCUT2D eigenvalue weighted by Crippen LogP contribution is -2.45. The predicted molar refractivity (Wildman–Crippen MR) is 82.9 cm³/mol. The number of halogens is 1. The number of rotatable bonds is 4. The van der Waals surface area contributed by atoms with Gasteiger partial charge in [0.05, 0.1) is 5.69 Å². The topological polar surface area (TPSA) is 58.4 Å². The Balaban J connectivity index is 0.00000161. The summed E-state index contributed by atoms with van der Waals surface area (Å²) in [4.78, 5) is 14.4. The number of nitrogens with one attached hydrogen (secondary N) is 1. The first-order chi connectivity index (χ1) is 9.65. The Morgan fingerprint density at radius 3 is 2.48 bits per heavy atom. The van der Waals surface area contributed by atoms with Gasteiger partial charge in [0.2, 0.25) is 0 Å². The number of aryl methyl sites for hydroxylation is 2. The van der Waals surface area contributed by atoms with Crippen LogP contribution in [-0.4, -0.2) is 41.6 Å². The molecule has 1 aliphatic carbocycles. The molecule has 1 amide bonds. The van der Waals surface area contributed by atoms with E-state index < -0.39 is 0 Å². The maximum atomic E-state index is 12.5. The Kier molecular flexibility index (Phi) is 5.27. The number of hydrogen-bond acceptors (Lipinski definition) is 4. The summed E-state index contributed by atoms with van der Waals surface area (Å²) in [6.45, 7) is 6.43. The molecule has 1 saturated carbocycles. The van der Waals surface area contributed by atoms with E-state index in [1.807, 2.05) is 11.8 Å². The van der Waals surface area contributed by atoms with Gasteiger partial charge in [0.15, 0.2) is 0 Å². The van der Waals surface area contributed by atoms with Crippen molar-refractivity contribution >= 4 is 18.3 Å². The standard InChI is InChI=1S/C15H23N3O2.ClH/c1-10-14(11(2)20-17-10)15(19)18-7-5-13(6-8-18)16-9-12-3-4-12;/h12-13,16H,3-9H2,1-2H3;1H. The molecule has 1 N–H and O–H groups in total. The van der Waals surface area contributed by atoms with Crippen LogP contribution in [0, 0.1) is 19.8 Å². The molecule has 118 valence electrons. The summed E-state index contributed by atoms with van der Waals surface area (Å²) in [5.74, 6) is 1.61. The van der Waals surface area contributed by atoms with E-state index in [9.17, 15) is 4.79 Å². The molecule has 0 bridgehead atoms. The fraction of sp³-hybridized carbons (Fsp3) is 0.733. The van der Waals surface area contributed by atoms with Crippen molar-refractivity contribution in [3.8, 4) is 0 Å². The quantitative estimate of drug-likeness (QED) is 0.927. The summed E-state index contributed by atoms with van der Waals surface area (Å²) in [6.07, 6.45) is 4.86. The summed E-state index contributed by atoms with van der Waals surface area (Å²) < 4.78 is 5.09. The van der Waals surface area contributed by atoms with Crippen molar-refractivity contribution in [2.24, 2.45) is 5.92 Å². The van der Waals surface area contributed by atoms with Gasteiger partial charge in [-0.25, -0.2) is 0 Å². The van der Waals surface area contributed by atoms with Gasteiger partial charge in [-0.05, 0) is 52.0 Å². The Morgan fingerprint density at radius 2 is 1.95 bits per heavy atom. The van der Waals surface area contributed by atoms with Crippen molar-refractivity contribution in [1.29, 1.82) is 0 Å². The molecule has 0 radical (unpaired) electrons. The smallest absolute Gasteiger partial charge is 0.259 e. The number of carbonyl (C=O) groups excluding carboxylic acids is 1. The highest BCUT2D eigenvalue weighted by Crippen LogP contribution is 2.28. The van der Waals surface area contributed by atoms with Gasteiger partial charge in [-0.1, -0.05) is 5.16 Å². The van der Waals surface area contributed by atoms with Gasteiger partial charge in [-0.3, -0.25) is 4.79 Å². The lowest BCUT2D eigenvalue weighted by Gasteiger charge is -2.32. The average Bonchev–Trinajstić information content (AvgIpc) is 3.22. The number of amides is 1. The second-order valence-corrected chi connectivity index (χ2v) is 6.12. The number of nitrogens with zero attached hydrogens (tertiary/aromatic N) is 2. The zero-order valence-electron chi connectivity index (χ0n) is 12.7. The van der Waals surface area contributed by atoms with Crippen LogP contribution < -0.4 is 5.32 Å². The van der Waals surface area contributed by atoms with Crippen LogP contribution in [0.15, 0.2) is 4.52 Å². The van der Waals surface area contributed by atoms with Gasteiger partial charge < -0.3 is 14.7 Å². The summed E-state index contributed by atoms with van der Waals surface area (Å²) in [7, 11) is 0. The number of likely N-dealkylation sites (tertiary alicyclic amines) is 1. The Labute approximate surface area is 131 Å². The van der Waals surface area contributed by atoms with Crippen LogP contribution in [0.5, 0.6) is 0 Å². The molecule has 0 unspecified atom stereocenters. The normalized spacial score (nSPS) is 19.4. The maximum absolute atomic E-state index is 12.5. The van der Waals surface area contributed by atoms with E-state index in [0.29, 0.717) is 23.1 Å². The van der Waals surface area contributed by atoms with E-state index in [0.717, 1.165) is 38.4 Å². The molecule has 1 aromatic heterocycles. The van der Waals surface area contributed by atoms with Crippen molar-refractivity contribution in [1.82, 2.24) is 15.4 Å². The monoisotopic (exact) mass is 313 g/mol. The Hall–Kier alpha value is -1.07. The zero-order valence-corrected chi connectivity index (χ0v) is 13.5. The highest BCUT2D eigenvalue weighted by atomic mass is 35.5. The van der Waals surface area contributed by atoms with E-state index in [-0.39, 0.29) is 18.3 Å². The first kappa shape index (κ1) is 16.3. The molecule has 1 saturated heterocycles. The highest BCUT2D eigenvalue weighted by Gasteiger charge is 2.28. The second-order valence-electron chi connectivity index (χ2n) is 6.12. The molecule has 21 heavy (non-hydrogen) atoms. The molecule has 0 spiro atoms. The van der Waals surface area contributed by atoms with Gasteiger partial charge in [-0.15, -0.1) is 12.4 Å². The fourth-order valence-electron chi connectivity index (χ4n) is 2.89. The third kappa shape index (κ3) is 3.77. The fourth-order valence-corrected chi connectivity index (χ4v) is 2.89. The van der Waals surface area contributed by atoms with Crippen molar-refractivity contribution in [2.45, 2.75) is 45.6 Å². The first-order valence-electron chi connectivity index (χ1n) is 7.60.